The van der Waals surface area contributed by atoms with Gasteiger partial charge in [0, 0.05) is 12.1 Å². The van der Waals surface area contributed by atoms with E-state index in [-0.39, 0.29) is 23.4 Å². The third-order valence-electron chi connectivity index (χ3n) is 5.17. The molecular formula is C16H33N3O. The lowest BCUT2D eigenvalue weighted by Crippen LogP contribution is -2.57. The summed E-state index contributed by atoms with van der Waals surface area (Å²) in [4.78, 5) is 14.5. The first kappa shape index (κ1) is 17.4. The highest BCUT2D eigenvalue weighted by molar-refractivity contribution is 5.81. The minimum absolute atomic E-state index is 0.00111. The van der Waals surface area contributed by atoms with Crippen LogP contribution < -0.4 is 11.1 Å². The van der Waals surface area contributed by atoms with Gasteiger partial charge >= 0.3 is 0 Å². The van der Waals surface area contributed by atoms with E-state index in [1.807, 2.05) is 6.92 Å². The van der Waals surface area contributed by atoms with Crippen molar-refractivity contribution >= 4 is 5.91 Å². The van der Waals surface area contributed by atoms with Gasteiger partial charge in [0.25, 0.3) is 0 Å². The van der Waals surface area contributed by atoms with Crippen molar-refractivity contribution < 1.29 is 4.79 Å². The highest BCUT2D eigenvalue weighted by Gasteiger charge is 2.37. The normalized spacial score (nSPS) is 30.1. The summed E-state index contributed by atoms with van der Waals surface area (Å²) in [5, 5.41) is 3.10. The summed E-state index contributed by atoms with van der Waals surface area (Å²) in [6.45, 7) is 7.13. The van der Waals surface area contributed by atoms with Crippen LogP contribution in [0.3, 0.4) is 0 Å². The topological polar surface area (TPSA) is 58.4 Å². The average molecular weight is 283 g/mol. The summed E-state index contributed by atoms with van der Waals surface area (Å²) in [5.41, 5.74) is 6.11. The van der Waals surface area contributed by atoms with Crippen LogP contribution >= 0.6 is 0 Å². The number of amides is 1. The lowest BCUT2D eigenvalue weighted by atomic mass is 9.75. The van der Waals surface area contributed by atoms with Crippen molar-refractivity contribution in [3.05, 3.63) is 0 Å². The van der Waals surface area contributed by atoms with Gasteiger partial charge in [-0.3, -0.25) is 4.79 Å². The van der Waals surface area contributed by atoms with Crippen molar-refractivity contribution in [2.75, 3.05) is 20.6 Å². The van der Waals surface area contributed by atoms with Crippen molar-refractivity contribution in [2.45, 2.75) is 64.5 Å². The van der Waals surface area contributed by atoms with Crippen molar-refractivity contribution in [3.63, 3.8) is 0 Å². The molecule has 1 aliphatic carbocycles. The molecule has 0 aliphatic heterocycles. The van der Waals surface area contributed by atoms with Crippen LogP contribution in [0.2, 0.25) is 0 Å². The second kappa shape index (κ2) is 7.41. The molecule has 0 bridgehead atoms. The molecule has 4 heteroatoms. The van der Waals surface area contributed by atoms with Gasteiger partial charge in [0.1, 0.15) is 0 Å². The molecule has 0 aromatic heterocycles. The molecule has 0 heterocycles. The standard InChI is InChI=1S/C16H33N3O/c1-6-13(3)14(17)15(20)18-11-16(19(4)5)9-7-8-12(2)10-16/h12-14H,6-11,17H2,1-5H3,(H,18,20)/t12?,13?,14-,16?/m0/s1. The van der Waals surface area contributed by atoms with Crippen LogP contribution in [0.15, 0.2) is 0 Å². The van der Waals surface area contributed by atoms with Crippen molar-refractivity contribution in [1.82, 2.24) is 10.2 Å². The SMILES string of the molecule is CCC(C)[C@H](N)C(=O)NCC1(N(C)C)CCCC(C)C1. The lowest BCUT2D eigenvalue weighted by molar-refractivity contribution is -0.124. The number of hydrogen-bond acceptors (Lipinski definition) is 3. The smallest absolute Gasteiger partial charge is 0.237 e. The molecule has 1 saturated carbocycles. The zero-order valence-corrected chi connectivity index (χ0v) is 13.9. The van der Waals surface area contributed by atoms with Crippen LogP contribution in [0.5, 0.6) is 0 Å². The Morgan fingerprint density at radius 1 is 1.50 bits per heavy atom. The van der Waals surface area contributed by atoms with Crippen LogP contribution in [0.4, 0.5) is 0 Å². The zero-order valence-electron chi connectivity index (χ0n) is 13.9. The Bertz CT molecular complexity index is 319. The molecule has 3 unspecified atom stereocenters. The molecule has 3 N–H and O–H groups in total. The monoisotopic (exact) mass is 283 g/mol. The molecule has 0 aromatic rings. The van der Waals surface area contributed by atoms with E-state index in [4.69, 9.17) is 5.73 Å². The van der Waals surface area contributed by atoms with Crippen LogP contribution in [-0.2, 0) is 4.79 Å². The molecule has 20 heavy (non-hydrogen) atoms. The van der Waals surface area contributed by atoms with Gasteiger partial charge in [-0.15, -0.1) is 0 Å². The Morgan fingerprint density at radius 2 is 2.15 bits per heavy atom. The summed E-state index contributed by atoms with van der Waals surface area (Å²) in [6, 6.07) is -0.389. The second-order valence-electron chi connectivity index (χ2n) is 6.95. The second-order valence-corrected chi connectivity index (χ2v) is 6.95. The molecule has 118 valence electrons. The van der Waals surface area contributed by atoms with Crippen LogP contribution in [0.1, 0.15) is 52.9 Å². The molecule has 4 atom stereocenters. The fourth-order valence-electron chi connectivity index (χ4n) is 3.24. The van der Waals surface area contributed by atoms with Crippen LogP contribution in [0.25, 0.3) is 0 Å². The van der Waals surface area contributed by atoms with Crippen LogP contribution in [-0.4, -0.2) is 43.0 Å². The van der Waals surface area contributed by atoms with Gasteiger partial charge in [-0.1, -0.05) is 40.0 Å². The first-order valence-corrected chi connectivity index (χ1v) is 8.03. The van der Waals surface area contributed by atoms with E-state index in [1.54, 1.807) is 0 Å². The van der Waals surface area contributed by atoms with Gasteiger partial charge in [0.15, 0.2) is 0 Å². The first-order chi connectivity index (χ1) is 9.32. The predicted octanol–water partition coefficient (Wildman–Crippen LogP) is 1.99. The molecule has 1 rings (SSSR count). The molecule has 4 nitrogen and oxygen atoms in total. The third-order valence-corrected chi connectivity index (χ3v) is 5.17. The number of likely N-dealkylation sites (N-methyl/N-ethyl adjacent to an activating group) is 1. The van der Waals surface area contributed by atoms with E-state index < -0.39 is 0 Å². The number of rotatable bonds is 6. The Kier molecular flexibility index (Phi) is 6.46. The van der Waals surface area contributed by atoms with E-state index in [0.29, 0.717) is 6.54 Å². The number of nitrogens with zero attached hydrogens (tertiary/aromatic N) is 1. The summed E-state index contributed by atoms with van der Waals surface area (Å²) in [7, 11) is 4.25. The van der Waals surface area contributed by atoms with E-state index >= 15 is 0 Å². The Morgan fingerprint density at radius 3 is 2.65 bits per heavy atom. The largest absolute Gasteiger partial charge is 0.353 e. The van der Waals surface area contributed by atoms with Crippen LogP contribution in [0, 0.1) is 11.8 Å². The molecule has 0 spiro atoms. The summed E-state index contributed by atoms with van der Waals surface area (Å²) < 4.78 is 0. The highest BCUT2D eigenvalue weighted by Crippen LogP contribution is 2.35. The van der Waals surface area contributed by atoms with Gasteiger partial charge < -0.3 is 16.0 Å². The number of nitrogens with one attached hydrogen (secondary N) is 1. The van der Waals surface area contributed by atoms with Gasteiger partial charge in [0.05, 0.1) is 6.04 Å². The molecule has 1 amide bonds. The first-order valence-electron chi connectivity index (χ1n) is 8.03. The summed E-state index contributed by atoms with van der Waals surface area (Å²) in [6.07, 6.45) is 5.79. The van der Waals surface area contributed by atoms with Gasteiger partial charge in [0.2, 0.25) is 5.91 Å². The summed E-state index contributed by atoms with van der Waals surface area (Å²) in [5.74, 6) is 0.959. The lowest BCUT2D eigenvalue weighted by Gasteiger charge is -2.45. The number of carbonyl (C=O) groups excluding carboxylic acids is 1. The number of carbonyl (C=O) groups is 1. The van der Waals surface area contributed by atoms with E-state index in [2.05, 4.69) is 38.2 Å². The Hall–Kier alpha value is -0.610. The van der Waals surface area contributed by atoms with Crippen molar-refractivity contribution in [1.29, 1.82) is 0 Å². The third kappa shape index (κ3) is 4.19. The van der Waals surface area contributed by atoms with E-state index in [0.717, 1.165) is 25.2 Å². The summed E-state index contributed by atoms with van der Waals surface area (Å²) >= 11 is 0. The van der Waals surface area contributed by atoms with Gasteiger partial charge in [-0.25, -0.2) is 0 Å². The molecule has 1 fully saturated rings. The average Bonchev–Trinajstić information content (AvgIpc) is 2.42. The van der Waals surface area contributed by atoms with Gasteiger partial charge in [-0.2, -0.15) is 0 Å². The molecular weight excluding hydrogens is 250 g/mol. The fourth-order valence-corrected chi connectivity index (χ4v) is 3.24. The number of nitrogens with two attached hydrogens (primary N) is 1. The van der Waals surface area contributed by atoms with E-state index in [1.165, 1.54) is 12.8 Å². The molecule has 0 radical (unpaired) electrons. The number of hydrogen-bond donors (Lipinski definition) is 2. The Labute approximate surface area is 124 Å². The van der Waals surface area contributed by atoms with Crippen molar-refractivity contribution in [2.24, 2.45) is 17.6 Å². The maximum Gasteiger partial charge on any atom is 0.237 e. The minimum Gasteiger partial charge on any atom is -0.353 e. The molecule has 0 aromatic carbocycles. The maximum atomic E-state index is 12.2. The quantitative estimate of drug-likeness (QED) is 0.784. The van der Waals surface area contributed by atoms with Crippen molar-refractivity contribution in [3.8, 4) is 0 Å². The zero-order chi connectivity index (χ0) is 15.3. The minimum atomic E-state index is -0.389. The predicted molar refractivity (Wildman–Crippen MR) is 84.5 cm³/mol. The fraction of sp³-hybridized carbons (Fsp3) is 0.938. The Balaban J connectivity index is 2.61. The maximum absolute atomic E-state index is 12.2. The van der Waals surface area contributed by atoms with E-state index in [9.17, 15) is 4.79 Å². The highest BCUT2D eigenvalue weighted by atomic mass is 16.2. The molecule has 0 saturated heterocycles. The molecule has 1 aliphatic rings. The van der Waals surface area contributed by atoms with Gasteiger partial charge in [-0.05, 0) is 38.8 Å².